The third kappa shape index (κ3) is 2.85. The van der Waals surface area contributed by atoms with Gasteiger partial charge in [0, 0.05) is 5.41 Å². The van der Waals surface area contributed by atoms with E-state index in [1.807, 2.05) is 13.8 Å². The minimum Gasteiger partial charge on any atom is -0.393 e. The monoisotopic (exact) mass is 458 g/mol. The van der Waals surface area contributed by atoms with Gasteiger partial charge in [-0.25, -0.2) is 0 Å². The molecule has 0 amide bonds. The van der Waals surface area contributed by atoms with Gasteiger partial charge in [0.15, 0.2) is 0 Å². The molecule has 3 heteroatoms. The van der Waals surface area contributed by atoms with E-state index in [9.17, 15) is 15.3 Å². The summed E-state index contributed by atoms with van der Waals surface area (Å²) in [6.07, 6.45) is 10.5. The van der Waals surface area contributed by atoms with Crippen molar-refractivity contribution in [1.82, 2.24) is 0 Å². The topological polar surface area (TPSA) is 60.7 Å². The molecule has 0 aromatic rings. The first-order chi connectivity index (χ1) is 15.0. The molecule has 0 heterocycles. The molecule has 5 aliphatic rings. The van der Waals surface area contributed by atoms with Crippen LogP contribution in [0.1, 0.15) is 107 Å². The highest BCUT2D eigenvalue weighted by Gasteiger charge is 2.71. The van der Waals surface area contributed by atoms with Crippen LogP contribution >= 0.6 is 0 Å². The van der Waals surface area contributed by atoms with Gasteiger partial charge in [-0.3, -0.25) is 0 Å². The van der Waals surface area contributed by atoms with Crippen LogP contribution in [-0.4, -0.2) is 33.1 Å². The SMILES string of the molecule is CC(C)(O)[C@@H]1CC[C@@]2(C)[C@@H]1[C@@H](O)C[C@]1(C)[C@@H]2CC[C@H]2[C@@]3(C)CC[C@H](O)C(C)(C)C3=CC[C@]21C. The zero-order valence-electron chi connectivity index (χ0n) is 22.5. The Kier molecular flexibility index (Phi) is 5.07. The van der Waals surface area contributed by atoms with Gasteiger partial charge in [0.2, 0.25) is 0 Å². The molecule has 0 bridgehead atoms. The highest BCUT2D eigenvalue weighted by atomic mass is 16.3. The Morgan fingerprint density at radius 2 is 1.48 bits per heavy atom. The van der Waals surface area contributed by atoms with E-state index in [2.05, 4.69) is 47.6 Å². The normalized spacial score (nSPS) is 55.7. The van der Waals surface area contributed by atoms with Crippen LogP contribution in [0.15, 0.2) is 11.6 Å². The van der Waals surface area contributed by atoms with Crippen molar-refractivity contribution in [3.8, 4) is 0 Å². The number of allylic oxidation sites excluding steroid dienone is 1. The molecule has 0 aromatic carbocycles. The summed E-state index contributed by atoms with van der Waals surface area (Å²) in [6, 6.07) is 0. The van der Waals surface area contributed by atoms with Gasteiger partial charge in [0.1, 0.15) is 0 Å². The molecule has 4 saturated carbocycles. The molecule has 33 heavy (non-hydrogen) atoms. The maximum atomic E-state index is 11.7. The maximum absolute atomic E-state index is 11.7. The van der Waals surface area contributed by atoms with Crippen molar-refractivity contribution in [3.05, 3.63) is 11.6 Å². The predicted molar refractivity (Wildman–Crippen MR) is 133 cm³/mol. The number of aliphatic hydroxyl groups excluding tert-OH is 2. The smallest absolute Gasteiger partial charge is 0.0628 e. The van der Waals surface area contributed by atoms with Crippen molar-refractivity contribution in [1.29, 1.82) is 0 Å². The summed E-state index contributed by atoms with van der Waals surface area (Å²) in [4.78, 5) is 0. The summed E-state index contributed by atoms with van der Waals surface area (Å²) >= 11 is 0. The molecule has 0 aliphatic heterocycles. The fourth-order valence-corrected chi connectivity index (χ4v) is 11.4. The zero-order chi connectivity index (χ0) is 24.4. The van der Waals surface area contributed by atoms with Crippen LogP contribution in [0.2, 0.25) is 0 Å². The molecule has 0 aromatic heterocycles. The molecular weight excluding hydrogens is 408 g/mol. The molecule has 188 valence electrons. The van der Waals surface area contributed by atoms with E-state index >= 15 is 0 Å². The number of rotatable bonds is 1. The summed E-state index contributed by atoms with van der Waals surface area (Å²) in [5.41, 5.74) is 1.08. The minimum atomic E-state index is -0.733. The number of hydrogen-bond acceptors (Lipinski definition) is 3. The van der Waals surface area contributed by atoms with Gasteiger partial charge in [-0.2, -0.15) is 0 Å². The molecule has 5 rings (SSSR count). The largest absolute Gasteiger partial charge is 0.393 e. The average molecular weight is 459 g/mol. The van der Waals surface area contributed by atoms with Crippen LogP contribution in [-0.2, 0) is 0 Å². The van der Waals surface area contributed by atoms with Crippen LogP contribution in [0.3, 0.4) is 0 Å². The van der Waals surface area contributed by atoms with E-state index in [1.54, 1.807) is 0 Å². The Labute approximate surface area is 202 Å². The molecule has 10 atom stereocenters. The summed E-state index contributed by atoms with van der Waals surface area (Å²) in [5, 5.41) is 33.6. The van der Waals surface area contributed by atoms with Crippen molar-refractivity contribution in [3.63, 3.8) is 0 Å². The second-order valence-corrected chi connectivity index (χ2v) is 15.1. The Hall–Kier alpha value is -0.380. The molecule has 3 N–H and O–H groups in total. The summed E-state index contributed by atoms with van der Waals surface area (Å²) in [5.74, 6) is 1.57. The van der Waals surface area contributed by atoms with Crippen LogP contribution in [0.5, 0.6) is 0 Å². The number of hydrogen-bond donors (Lipinski definition) is 3. The fraction of sp³-hybridized carbons (Fsp3) is 0.933. The third-order valence-electron chi connectivity index (χ3n) is 13.1. The van der Waals surface area contributed by atoms with Crippen molar-refractivity contribution >= 4 is 0 Å². The molecule has 4 fully saturated rings. The molecule has 0 spiro atoms. The number of fused-ring (bicyclic) bond motifs is 7. The van der Waals surface area contributed by atoms with Crippen molar-refractivity contribution < 1.29 is 15.3 Å². The molecule has 0 radical (unpaired) electrons. The molecule has 0 saturated heterocycles. The quantitative estimate of drug-likeness (QED) is 0.415. The van der Waals surface area contributed by atoms with Gasteiger partial charge in [-0.1, -0.05) is 53.2 Å². The van der Waals surface area contributed by atoms with Crippen LogP contribution in [0, 0.1) is 50.7 Å². The summed E-state index contributed by atoms with van der Waals surface area (Å²) in [7, 11) is 0. The first-order valence-electron chi connectivity index (χ1n) is 13.8. The maximum Gasteiger partial charge on any atom is 0.0628 e. The lowest BCUT2D eigenvalue weighted by atomic mass is 9.33. The van der Waals surface area contributed by atoms with Gasteiger partial charge < -0.3 is 15.3 Å². The van der Waals surface area contributed by atoms with Gasteiger partial charge in [-0.15, -0.1) is 0 Å². The highest BCUT2D eigenvalue weighted by molar-refractivity contribution is 5.34. The average Bonchev–Trinajstić information content (AvgIpc) is 3.05. The number of aliphatic hydroxyl groups is 3. The van der Waals surface area contributed by atoms with Crippen LogP contribution < -0.4 is 0 Å². The van der Waals surface area contributed by atoms with Crippen LogP contribution in [0.4, 0.5) is 0 Å². The first kappa shape index (κ1) is 24.3. The van der Waals surface area contributed by atoms with E-state index < -0.39 is 5.60 Å². The van der Waals surface area contributed by atoms with E-state index in [1.165, 1.54) is 18.4 Å². The van der Waals surface area contributed by atoms with Crippen molar-refractivity contribution in [2.45, 2.75) is 125 Å². The standard InChI is InChI=1S/C30H50O3/c1-25(2)20-12-16-29(7)21(27(20,5)15-13-23(25)32)9-10-22-28(6)14-11-18(26(3,4)33)24(28)19(31)17-30(22,29)8/h12,18-19,21-24,31-33H,9-11,13-17H2,1-8H3/t18-,19+,21+,22-,23+,24+,27+,28-,29-,30-/m1/s1. The van der Waals surface area contributed by atoms with E-state index in [0.717, 1.165) is 38.5 Å². The fourth-order valence-electron chi connectivity index (χ4n) is 11.4. The van der Waals surface area contributed by atoms with Crippen molar-refractivity contribution in [2.24, 2.45) is 50.7 Å². The third-order valence-corrected chi connectivity index (χ3v) is 13.1. The summed E-state index contributed by atoms with van der Waals surface area (Å²) < 4.78 is 0. The van der Waals surface area contributed by atoms with Gasteiger partial charge in [0.25, 0.3) is 0 Å². The van der Waals surface area contributed by atoms with E-state index in [-0.39, 0.29) is 51.1 Å². The van der Waals surface area contributed by atoms with Gasteiger partial charge in [0.05, 0.1) is 17.8 Å². The lowest BCUT2D eigenvalue weighted by molar-refractivity contribution is -0.232. The Morgan fingerprint density at radius 3 is 2.12 bits per heavy atom. The summed E-state index contributed by atoms with van der Waals surface area (Å²) in [6.45, 7) is 18.5. The second-order valence-electron chi connectivity index (χ2n) is 15.1. The van der Waals surface area contributed by atoms with Gasteiger partial charge >= 0.3 is 0 Å². The predicted octanol–water partition coefficient (Wildman–Crippen LogP) is 6.11. The van der Waals surface area contributed by atoms with Gasteiger partial charge in [-0.05, 0) is 111 Å². The Bertz CT molecular complexity index is 853. The highest BCUT2D eigenvalue weighted by Crippen LogP contribution is 2.77. The molecule has 3 nitrogen and oxygen atoms in total. The minimum absolute atomic E-state index is 0.0836. The molecule has 5 aliphatic carbocycles. The lowest BCUT2D eigenvalue weighted by Crippen LogP contribution is -2.66. The zero-order valence-corrected chi connectivity index (χ0v) is 22.5. The Morgan fingerprint density at radius 1 is 0.848 bits per heavy atom. The molecular formula is C30H50O3. The first-order valence-corrected chi connectivity index (χ1v) is 13.8. The van der Waals surface area contributed by atoms with E-state index in [4.69, 9.17) is 0 Å². The van der Waals surface area contributed by atoms with Crippen molar-refractivity contribution in [2.75, 3.05) is 0 Å². The Balaban J connectivity index is 1.58. The second kappa shape index (κ2) is 6.88. The molecule has 0 unspecified atom stereocenters. The lowest BCUT2D eigenvalue weighted by Gasteiger charge is -2.72. The van der Waals surface area contributed by atoms with Crippen LogP contribution in [0.25, 0.3) is 0 Å². The van der Waals surface area contributed by atoms with E-state index in [0.29, 0.717) is 11.8 Å².